The molecule has 2 saturated heterocycles. The lowest BCUT2D eigenvalue weighted by Gasteiger charge is -2.29. The van der Waals surface area contributed by atoms with Crippen molar-refractivity contribution >= 4 is 39.2 Å². The summed E-state index contributed by atoms with van der Waals surface area (Å²) in [6.07, 6.45) is 3.84. The summed E-state index contributed by atoms with van der Waals surface area (Å²) in [5, 5.41) is 20.4. The van der Waals surface area contributed by atoms with E-state index < -0.39 is 5.82 Å². The maximum Gasteiger partial charge on any atom is 0.319 e. The average molecular weight is 538 g/mol. The van der Waals surface area contributed by atoms with Crippen LogP contribution in [0.4, 0.5) is 10.2 Å². The van der Waals surface area contributed by atoms with Gasteiger partial charge in [-0.25, -0.2) is 9.37 Å². The number of likely N-dealkylation sites (N-methyl/N-ethyl adjacent to an activating group) is 1. The van der Waals surface area contributed by atoms with Crippen LogP contribution in [0.15, 0.2) is 24.5 Å². The van der Waals surface area contributed by atoms with E-state index in [1.807, 2.05) is 13.1 Å². The molecule has 2 aliphatic rings. The van der Waals surface area contributed by atoms with Gasteiger partial charge >= 0.3 is 6.01 Å². The van der Waals surface area contributed by atoms with Gasteiger partial charge in [0.25, 0.3) is 0 Å². The van der Waals surface area contributed by atoms with Crippen molar-refractivity contribution in [3.63, 3.8) is 0 Å². The van der Waals surface area contributed by atoms with Gasteiger partial charge in [0, 0.05) is 51.0 Å². The van der Waals surface area contributed by atoms with E-state index in [1.54, 1.807) is 6.20 Å². The molecule has 0 aliphatic carbocycles. The van der Waals surface area contributed by atoms with Crippen LogP contribution in [0.1, 0.15) is 6.42 Å². The number of aromatic nitrogens is 5. The number of H-pyrrole nitrogens is 1. The number of benzene rings is 1. The number of anilines is 1. The van der Waals surface area contributed by atoms with Gasteiger partial charge < -0.3 is 19.7 Å². The van der Waals surface area contributed by atoms with Crippen molar-refractivity contribution in [1.29, 1.82) is 5.26 Å². The Hall–Kier alpha value is -3.79. The van der Waals surface area contributed by atoms with Crippen molar-refractivity contribution in [3.05, 3.63) is 35.4 Å². The fourth-order valence-corrected chi connectivity index (χ4v) is 5.19. The van der Waals surface area contributed by atoms with Gasteiger partial charge in [-0.15, -0.1) is 0 Å². The molecule has 3 aromatic heterocycles. The van der Waals surface area contributed by atoms with Gasteiger partial charge in [-0.1, -0.05) is 11.6 Å². The molecular formula is C25H25ClFN9O2. The molecule has 1 aromatic carbocycles. The summed E-state index contributed by atoms with van der Waals surface area (Å²) in [5.74, 6) is 0.268. The van der Waals surface area contributed by atoms with Gasteiger partial charge in [0.2, 0.25) is 5.88 Å². The van der Waals surface area contributed by atoms with E-state index in [9.17, 15) is 9.65 Å². The number of rotatable bonds is 6. The standard InChI is InChI=1S/C25H25ClFN9O2/c1-35-12-14(10-28)8-15(35)13-37-25-32-21-16(23(33-25)36-6-4-29-5-7-36)2-3-30-24(21)38-22-17-11-31-34-19(17)9-18(27)20(22)26/h2-3,9,11,14-15,29H,4-8,12-13H2,1H3,(H,31,34)/t14-,15-/m0/s1. The molecule has 0 unspecified atom stereocenters. The number of hydrogen-bond donors (Lipinski definition) is 2. The molecule has 2 aliphatic heterocycles. The van der Waals surface area contributed by atoms with Crippen molar-refractivity contribution in [3.8, 4) is 23.7 Å². The van der Waals surface area contributed by atoms with Crippen LogP contribution in [0.2, 0.25) is 5.02 Å². The lowest BCUT2D eigenvalue weighted by molar-refractivity contribution is 0.188. The van der Waals surface area contributed by atoms with Crippen LogP contribution in [-0.2, 0) is 0 Å². The molecule has 4 aromatic rings. The summed E-state index contributed by atoms with van der Waals surface area (Å²) in [6.45, 7) is 4.18. The number of aromatic amines is 1. The number of halogens is 2. The first-order chi connectivity index (χ1) is 18.5. The van der Waals surface area contributed by atoms with Gasteiger partial charge in [-0.05, 0) is 19.5 Å². The molecule has 5 heterocycles. The minimum absolute atomic E-state index is 0.0255. The van der Waals surface area contributed by atoms with Gasteiger partial charge in [0.05, 0.1) is 34.5 Å². The maximum absolute atomic E-state index is 14.5. The molecule has 0 bridgehead atoms. The number of piperazine rings is 1. The Morgan fingerprint density at radius 2 is 2.11 bits per heavy atom. The van der Waals surface area contributed by atoms with Crippen molar-refractivity contribution in [2.24, 2.45) is 5.92 Å². The highest BCUT2D eigenvalue weighted by atomic mass is 35.5. The van der Waals surface area contributed by atoms with Crippen LogP contribution in [0, 0.1) is 23.1 Å². The molecule has 2 fully saturated rings. The summed E-state index contributed by atoms with van der Waals surface area (Å²) < 4.78 is 26.8. The number of pyridine rings is 1. The maximum atomic E-state index is 14.5. The summed E-state index contributed by atoms with van der Waals surface area (Å²) in [5.41, 5.74) is 0.858. The van der Waals surface area contributed by atoms with E-state index in [0.717, 1.165) is 38.0 Å². The lowest BCUT2D eigenvalue weighted by Crippen LogP contribution is -2.44. The Kier molecular flexibility index (Phi) is 6.57. The summed E-state index contributed by atoms with van der Waals surface area (Å²) in [4.78, 5) is 18.1. The molecule has 0 amide bonds. The first-order valence-electron chi connectivity index (χ1n) is 12.4. The number of fused-ring (bicyclic) bond motifs is 2. The third-order valence-corrected chi connectivity index (χ3v) is 7.38. The Balaban J connectivity index is 1.41. The minimum Gasteiger partial charge on any atom is -0.462 e. The molecule has 2 atom stereocenters. The van der Waals surface area contributed by atoms with Crippen LogP contribution < -0.4 is 19.7 Å². The van der Waals surface area contributed by atoms with Crippen molar-refractivity contribution < 1.29 is 13.9 Å². The quantitative estimate of drug-likeness (QED) is 0.378. The highest BCUT2D eigenvalue weighted by molar-refractivity contribution is 6.33. The second-order valence-electron chi connectivity index (χ2n) is 9.48. The molecule has 2 N–H and O–H groups in total. The summed E-state index contributed by atoms with van der Waals surface area (Å²) >= 11 is 6.30. The van der Waals surface area contributed by atoms with Crippen LogP contribution in [-0.4, -0.2) is 82.5 Å². The molecule has 6 rings (SSSR count). The number of likely N-dealkylation sites (tertiary alicyclic amines) is 1. The molecule has 0 spiro atoms. The Bertz CT molecular complexity index is 1540. The predicted molar refractivity (Wildman–Crippen MR) is 139 cm³/mol. The van der Waals surface area contributed by atoms with Gasteiger partial charge in [-0.3, -0.25) is 10.00 Å². The van der Waals surface area contributed by atoms with Crippen molar-refractivity contribution in [2.75, 3.05) is 51.3 Å². The molecule has 11 nitrogen and oxygen atoms in total. The fraction of sp³-hybridized carbons (Fsp3) is 0.400. The predicted octanol–water partition coefficient (Wildman–Crippen LogP) is 3.12. The third-order valence-electron chi connectivity index (χ3n) is 7.03. The van der Waals surface area contributed by atoms with E-state index >= 15 is 0 Å². The Labute approximate surface area is 222 Å². The number of ether oxygens (including phenoxy) is 2. The van der Waals surface area contributed by atoms with Crippen LogP contribution in [0.25, 0.3) is 21.8 Å². The highest BCUT2D eigenvalue weighted by Gasteiger charge is 2.30. The zero-order valence-corrected chi connectivity index (χ0v) is 21.4. The van der Waals surface area contributed by atoms with Gasteiger partial charge in [0.1, 0.15) is 28.8 Å². The minimum atomic E-state index is -0.643. The number of nitrogens with one attached hydrogen (secondary N) is 2. The SMILES string of the molecule is CN1C[C@H](C#N)C[C@H]1COc1nc(N2CCNCC2)c2ccnc(Oc3c(Cl)c(F)cc4[nH]ncc34)c2n1. The second kappa shape index (κ2) is 10.2. The monoisotopic (exact) mass is 537 g/mol. The van der Waals surface area contributed by atoms with Gasteiger partial charge in [0.15, 0.2) is 5.75 Å². The van der Waals surface area contributed by atoms with E-state index in [1.165, 1.54) is 12.3 Å². The van der Waals surface area contributed by atoms with Crippen molar-refractivity contribution in [1.82, 2.24) is 35.4 Å². The summed E-state index contributed by atoms with van der Waals surface area (Å²) in [6, 6.07) is 5.68. The molecule has 0 saturated carbocycles. The largest absolute Gasteiger partial charge is 0.462 e. The molecule has 13 heteroatoms. The average Bonchev–Trinajstić information content (AvgIpc) is 3.56. The topological polar surface area (TPSA) is 128 Å². The summed E-state index contributed by atoms with van der Waals surface area (Å²) in [7, 11) is 1.98. The normalized spacial score (nSPS) is 20.2. The van der Waals surface area contributed by atoms with E-state index in [2.05, 4.69) is 41.4 Å². The number of hydrogen-bond acceptors (Lipinski definition) is 10. The number of nitriles is 1. The highest BCUT2D eigenvalue weighted by Crippen LogP contribution is 2.40. The molecule has 0 radical (unpaired) electrons. The fourth-order valence-electron chi connectivity index (χ4n) is 4.99. The van der Waals surface area contributed by atoms with Crippen LogP contribution in [0.5, 0.6) is 17.6 Å². The van der Waals surface area contributed by atoms with Crippen molar-refractivity contribution in [2.45, 2.75) is 12.5 Å². The third kappa shape index (κ3) is 4.53. The van der Waals surface area contributed by atoms with E-state index in [4.69, 9.17) is 26.1 Å². The van der Waals surface area contributed by atoms with Gasteiger partial charge in [-0.2, -0.15) is 20.3 Å². The zero-order valence-electron chi connectivity index (χ0n) is 20.6. The van der Waals surface area contributed by atoms with Crippen LogP contribution in [0.3, 0.4) is 0 Å². The van der Waals surface area contributed by atoms with E-state index in [0.29, 0.717) is 35.4 Å². The smallest absolute Gasteiger partial charge is 0.319 e. The molecular weight excluding hydrogens is 513 g/mol. The second-order valence-corrected chi connectivity index (χ2v) is 9.86. The molecule has 38 heavy (non-hydrogen) atoms. The zero-order chi connectivity index (χ0) is 26.2. The lowest BCUT2D eigenvalue weighted by atomic mass is 10.1. The Morgan fingerprint density at radius 3 is 2.89 bits per heavy atom. The molecule has 196 valence electrons. The first-order valence-corrected chi connectivity index (χ1v) is 12.7. The van der Waals surface area contributed by atoms with E-state index in [-0.39, 0.29) is 34.6 Å². The Morgan fingerprint density at radius 1 is 1.26 bits per heavy atom. The first kappa shape index (κ1) is 24.5. The number of nitrogens with zero attached hydrogens (tertiary/aromatic N) is 7. The van der Waals surface area contributed by atoms with Crippen LogP contribution >= 0.6 is 11.6 Å².